The Morgan fingerprint density at radius 1 is 0.583 bits per heavy atom. The highest BCUT2D eigenvalue weighted by atomic mass is 31.2. The third-order valence-electron chi connectivity index (χ3n) is 9.72. The van der Waals surface area contributed by atoms with Crippen LogP contribution in [-0.2, 0) is 32.7 Å². The third kappa shape index (κ3) is 42.3. The van der Waals surface area contributed by atoms with Gasteiger partial charge in [0.05, 0.1) is 25.9 Å². The molecular weight excluding hydrogens is 783 g/mol. The van der Waals surface area contributed by atoms with Crippen molar-refractivity contribution in [1.82, 2.24) is 0 Å². The first-order valence-corrected chi connectivity index (χ1v) is 24.7. The van der Waals surface area contributed by atoms with Gasteiger partial charge in [0, 0.05) is 12.8 Å². The van der Waals surface area contributed by atoms with E-state index in [9.17, 15) is 29.3 Å². The van der Waals surface area contributed by atoms with Gasteiger partial charge in [-0.3, -0.25) is 18.6 Å². The minimum Gasteiger partial charge on any atom is -0.462 e. The van der Waals surface area contributed by atoms with Crippen LogP contribution in [0, 0.1) is 5.92 Å². The lowest BCUT2D eigenvalue weighted by Crippen LogP contribution is -2.30. The first kappa shape index (κ1) is 57.6. The maximum absolute atomic E-state index is 12.7. The van der Waals surface area contributed by atoms with Crippen molar-refractivity contribution in [3.8, 4) is 0 Å². The fourth-order valence-corrected chi connectivity index (χ4v) is 6.94. The van der Waals surface area contributed by atoms with Crippen LogP contribution >= 0.6 is 7.82 Å². The first-order chi connectivity index (χ1) is 29.0. The minimum atomic E-state index is -4.67. The van der Waals surface area contributed by atoms with Crippen molar-refractivity contribution < 1.29 is 52.9 Å². The molecule has 0 rings (SSSR count). The van der Waals surface area contributed by atoms with Gasteiger partial charge in [-0.2, -0.15) is 0 Å². The van der Waals surface area contributed by atoms with Gasteiger partial charge in [0.25, 0.3) is 0 Å². The Kier molecular flexibility index (Phi) is 40.3. The SMILES string of the molecule is CC/C=C\C/C=C\C/C=C\C/C=C\C=C\C(O)CCCC(=O)OC[C@H](COP(=O)(O)OC[C@@H](O)CO)OC(=O)CCCCCCCCCCCCCCCCCCC(C)C. The number of esters is 2. The van der Waals surface area contributed by atoms with Gasteiger partial charge in [0.15, 0.2) is 6.10 Å². The maximum atomic E-state index is 12.7. The number of rotatable bonds is 42. The van der Waals surface area contributed by atoms with E-state index < -0.39 is 64.5 Å². The normalized spacial score (nSPS) is 14.9. The van der Waals surface area contributed by atoms with E-state index >= 15 is 0 Å². The van der Waals surface area contributed by atoms with Gasteiger partial charge in [0.1, 0.15) is 12.7 Å². The molecule has 0 amide bonds. The van der Waals surface area contributed by atoms with Gasteiger partial charge in [-0.25, -0.2) is 4.57 Å². The lowest BCUT2D eigenvalue weighted by atomic mass is 10.0. The summed E-state index contributed by atoms with van der Waals surface area (Å²) in [6.45, 7) is 4.40. The number of aliphatic hydroxyl groups is 3. The largest absolute Gasteiger partial charge is 0.472 e. The molecule has 0 aromatic rings. The number of aliphatic hydroxyl groups excluding tert-OH is 3. The molecule has 0 aromatic heterocycles. The molecule has 2 unspecified atom stereocenters. The molecule has 4 atom stereocenters. The van der Waals surface area contributed by atoms with Crippen LogP contribution in [0.15, 0.2) is 60.8 Å². The highest BCUT2D eigenvalue weighted by Crippen LogP contribution is 2.43. The predicted octanol–water partition coefficient (Wildman–Crippen LogP) is 11.5. The summed E-state index contributed by atoms with van der Waals surface area (Å²) < 4.78 is 32.6. The van der Waals surface area contributed by atoms with E-state index in [2.05, 4.69) is 61.8 Å². The molecule has 0 aliphatic carbocycles. The summed E-state index contributed by atoms with van der Waals surface area (Å²) in [7, 11) is -4.67. The number of allylic oxidation sites excluding steroid dienone is 9. The van der Waals surface area contributed by atoms with E-state index in [1.165, 1.54) is 83.5 Å². The molecule has 0 heterocycles. The summed E-state index contributed by atoms with van der Waals surface area (Å²) in [4.78, 5) is 35.1. The molecular formula is C48H85O11P. The van der Waals surface area contributed by atoms with Gasteiger partial charge in [-0.05, 0) is 50.9 Å². The lowest BCUT2D eigenvalue weighted by Gasteiger charge is -2.20. The Morgan fingerprint density at radius 3 is 1.60 bits per heavy atom. The molecule has 60 heavy (non-hydrogen) atoms. The fraction of sp³-hybridized carbons (Fsp3) is 0.750. The molecule has 0 aliphatic rings. The molecule has 4 N–H and O–H groups in total. The van der Waals surface area contributed by atoms with Gasteiger partial charge in [0.2, 0.25) is 0 Å². The second kappa shape index (κ2) is 42.0. The van der Waals surface area contributed by atoms with Crippen molar-refractivity contribution >= 4 is 19.8 Å². The molecule has 0 bridgehead atoms. The molecule has 0 aromatic carbocycles. The number of carbonyl (C=O) groups excluding carboxylic acids is 2. The van der Waals surface area contributed by atoms with Crippen LogP contribution in [-0.4, -0.2) is 76.9 Å². The molecule has 0 saturated carbocycles. The van der Waals surface area contributed by atoms with Crippen LogP contribution in [0.5, 0.6) is 0 Å². The smallest absolute Gasteiger partial charge is 0.462 e. The number of hydrogen-bond acceptors (Lipinski definition) is 10. The van der Waals surface area contributed by atoms with Gasteiger partial charge in [-0.15, -0.1) is 0 Å². The number of phosphoric ester groups is 1. The summed E-state index contributed by atoms with van der Waals surface area (Å²) in [6, 6.07) is 0. The topological polar surface area (TPSA) is 169 Å². The second-order valence-electron chi connectivity index (χ2n) is 16.1. The van der Waals surface area contributed by atoms with Crippen LogP contribution in [0.3, 0.4) is 0 Å². The van der Waals surface area contributed by atoms with Crippen molar-refractivity contribution in [2.24, 2.45) is 5.92 Å². The summed E-state index contributed by atoms with van der Waals surface area (Å²) in [5, 5.41) is 28.6. The van der Waals surface area contributed by atoms with Crippen molar-refractivity contribution in [3.63, 3.8) is 0 Å². The van der Waals surface area contributed by atoms with E-state index in [0.29, 0.717) is 19.3 Å². The molecule has 0 aliphatic heterocycles. The van der Waals surface area contributed by atoms with Crippen LogP contribution < -0.4 is 0 Å². The molecule has 12 heteroatoms. The molecule has 0 saturated heterocycles. The Hall–Kier alpha value is -2.37. The molecule has 0 spiro atoms. The summed E-state index contributed by atoms with van der Waals surface area (Å²) >= 11 is 0. The van der Waals surface area contributed by atoms with E-state index in [4.69, 9.17) is 19.1 Å². The molecule has 11 nitrogen and oxygen atoms in total. The van der Waals surface area contributed by atoms with Crippen LogP contribution in [0.2, 0.25) is 0 Å². The van der Waals surface area contributed by atoms with Crippen molar-refractivity contribution in [1.29, 1.82) is 0 Å². The third-order valence-corrected chi connectivity index (χ3v) is 10.7. The summed E-state index contributed by atoms with van der Waals surface area (Å²) in [5.41, 5.74) is 0. The minimum absolute atomic E-state index is 0.00983. The molecule has 0 radical (unpaired) electrons. The fourth-order valence-electron chi connectivity index (χ4n) is 6.15. The highest BCUT2D eigenvalue weighted by Gasteiger charge is 2.27. The zero-order valence-corrected chi connectivity index (χ0v) is 38.6. The average Bonchev–Trinajstić information content (AvgIpc) is 3.22. The van der Waals surface area contributed by atoms with Crippen molar-refractivity contribution in [2.45, 2.75) is 200 Å². The second-order valence-corrected chi connectivity index (χ2v) is 17.5. The van der Waals surface area contributed by atoms with Crippen LogP contribution in [0.4, 0.5) is 0 Å². The van der Waals surface area contributed by atoms with E-state index in [0.717, 1.165) is 50.9 Å². The van der Waals surface area contributed by atoms with Gasteiger partial charge in [-0.1, -0.05) is 184 Å². The Labute approximate surface area is 364 Å². The lowest BCUT2D eigenvalue weighted by molar-refractivity contribution is -0.161. The highest BCUT2D eigenvalue weighted by molar-refractivity contribution is 7.47. The predicted molar refractivity (Wildman–Crippen MR) is 243 cm³/mol. The van der Waals surface area contributed by atoms with E-state index in [1.54, 1.807) is 12.2 Å². The van der Waals surface area contributed by atoms with E-state index in [-0.39, 0.29) is 12.8 Å². The van der Waals surface area contributed by atoms with Gasteiger partial charge < -0.3 is 29.7 Å². The molecule has 348 valence electrons. The Balaban J connectivity index is 4.41. The van der Waals surface area contributed by atoms with Crippen LogP contribution in [0.1, 0.15) is 181 Å². The van der Waals surface area contributed by atoms with Gasteiger partial charge >= 0.3 is 19.8 Å². The summed E-state index contributed by atoms with van der Waals surface area (Å²) in [6.07, 6.45) is 42.2. The quantitative estimate of drug-likeness (QED) is 0.0151. The average molecular weight is 869 g/mol. The van der Waals surface area contributed by atoms with Crippen LogP contribution in [0.25, 0.3) is 0 Å². The molecule has 0 fully saturated rings. The zero-order valence-electron chi connectivity index (χ0n) is 37.7. The first-order valence-electron chi connectivity index (χ1n) is 23.2. The van der Waals surface area contributed by atoms with E-state index in [1.807, 2.05) is 12.2 Å². The number of carbonyl (C=O) groups is 2. The summed E-state index contributed by atoms with van der Waals surface area (Å²) in [5.74, 6) is -0.303. The number of hydrogen-bond donors (Lipinski definition) is 4. The number of unbranched alkanes of at least 4 members (excludes halogenated alkanes) is 15. The van der Waals surface area contributed by atoms with Crippen molar-refractivity contribution in [2.75, 3.05) is 26.4 Å². The monoisotopic (exact) mass is 869 g/mol. The van der Waals surface area contributed by atoms with Crippen molar-refractivity contribution in [3.05, 3.63) is 60.8 Å². The zero-order chi connectivity index (χ0) is 44.4. The number of phosphoric acid groups is 1. The Morgan fingerprint density at radius 2 is 1.07 bits per heavy atom. The maximum Gasteiger partial charge on any atom is 0.472 e. The standard InChI is InChI=1S/C48H85O11P/c1-4-5-6-7-8-9-10-15-19-22-25-28-31-35-44(50)36-33-38-47(52)56-41-46(42-58-60(54,55)57-40-45(51)39-49)59-48(53)37-32-29-26-23-20-17-14-12-11-13-16-18-21-24-27-30-34-43(2)3/h5-6,8-9,15,19,25,28,31,35,43-46,49-51H,4,7,10-14,16-18,20-24,26-27,29-30,32-34,36-42H2,1-3H3,(H,54,55)/b6-5-,9-8-,19-15-,28-25-,35-31+/t44?,45-,46+/m0/s1. The number of ether oxygens (including phenoxy) is 2. The Bertz CT molecular complexity index is 1210.